The minimum absolute atomic E-state index is 0.0178. The molecule has 1 aromatic heterocycles. The molecule has 144 valence electrons. The van der Waals surface area contributed by atoms with Crippen molar-refractivity contribution in [2.24, 2.45) is 0 Å². The summed E-state index contributed by atoms with van der Waals surface area (Å²) in [5, 5.41) is 0. The monoisotopic (exact) mass is 372 g/mol. The van der Waals surface area contributed by atoms with E-state index in [1.165, 1.54) is 13.8 Å². The lowest BCUT2D eigenvalue weighted by atomic mass is 9.96. The molecule has 1 aliphatic carbocycles. The Morgan fingerprint density at radius 1 is 1.23 bits per heavy atom. The molecule has 3 nitrogen and oxygen atoms in total. The summed E-state index contributed by atoms with van der Waals surface area (Å²) < 4.78 is 55.3. The third-order valence-corrected chi connectivity index (χ3v) is 5.38. The highest BCUT2D eigenvalue weighted by atomic mass is 19.4. The van der Waals surface area contributed by atoms with Crippen LogP contribution in [0.2, 0.25) is 0 Å². The van der Waals surface area contributed by atoms with Crippen LogP contribution in [0.4, 0.5) is 23.4 Å². The molecular weight excluding hydrogens is 348 g/mol. The van der Waals surface area contributed by atoms with Crippen LogP contribution in [-0.4, -0.2) is 29.5 Å². The van der Waals surface area contributed by atoms with E-state index >= 15 is 0 Å². The minimum atomic E-state index is -4.55. The molecule has 0 N–H and O–H groups in total. The number of halogens is 4. The Hall–Kier alpha value is -1.66. The molecule has 2 heterocycles. The van der Waals surface area contributed by atoms with Crippen molar-refractivity contribution in [1.82, 2.24) is 4.98 Å². The first-order valence-electron chi connectivity index (χ1n) is 9.08. The zero-order chi connectivity index (χ0) is 19.3. The summed E-state index contributed by atoms with van der Waals surface area (Å²) in [5.41, 5.74) is -2.06. The molecule has 1 aliphatic heterocycles. The van der Waals surface area contributed by atoms with Gasteiger partial charge in [-0.2, -0.15) is 13.2 Å². The Labute approximate surface area is 150 Å². The van der Waals surface area contributed by atoms with E-state index in [1.54, 1.807) is 11.8 Å². The van der Waals surface area contributed by atoms with Crippen LogP contribution in [-0.2, 0) is 6.18 Å². The summed E-state index contributed by atoms with van der Waals surface area (Å²) >= 11 is 0. The van der Waals surface area contributed by atoms with Crippen molar-refractivity contribution < 1.29 is 22.4 Å². The van der Waals surface area contributed by atoms with Gasteiger partial charge in [0.25, 0.3) is 0 Å². The molecule has 0 aromatic carbocycles. The van der Waals surface area contributed by atoms with Crippen LogP contribution in [0.5, 0.6) is 0 Å². The first kappa shape index (κ1) is 19.1. The molecule has 3 rings (SSSR count). The number of Topliss-reactive ketones (excluding diaryl/α,β-unsaturated/α-hetero) is 1. The predicted octanol–water partition coefficient (Wildman–Crippen LogP) is 5.21. The maximum Gasteiger partial charge on any atom is 0.418 e. The molecule has 1 saturated heterocycles. The van der Waals surface area contributed by atoms with Gasteiger partial charge in [-0.1, -0.05) is 0 Å². The van der Waals surface area contributed by atoms with E-state index in [0.717, 1.165) is 0 Å². The van der Waals surface area contributed by atoms with E-state index < -0.39 is 23.2 Å². The second-order valence-corrected chi connectivity index (χ2v) is 7.78. The third-order valence-electron chi connectivity index (χ3n) is 5.38. The van der Waals surface area contributed by atoms with Crippen molar-refractivity contribution in [3.05, 3.63) is 22.4 Å². The number of pyridine rings is 1. The number of ketones is 1. The Morgan fingerprint density at radius 3 is 2.42 bits per heavy atom. The van der Waals surface area contributed by atoms with Crippen LogP contribution >= 0.6 is 0 Å². The number of hydrogen-bond acceptors (Lipinski definition) is 3. The van der Waals surface area contributed by atoms with Gasteiger partial charge in [-0.05, 0) is 58.4 Å². The molecular formula is C19H24F4N2O. The van der Waals surface area contributed by atoms with Crippen molar-refractivity contribution in [3.8, 4) is 0 Å². The largest absolute Gasteiger partial charge is 0.418 e. The highest BCUT2D eigenvalue weighted by molar-refractivity contribution is 6.00. The van der Waals surface area contributed by atoms with Crippen LogP contribution in [0.25, 0.3) is 0 Å². The third kappa shape index (κ3) is 3.71. The first-order chi connectivity index (χ1) is 12.0. The minimum Gasteiger partial charge on any atom is -0.356 e. The normalized spacial score (nSPS) is 24.5. The van der Waals surface area contributed by atoms with E-state index in [-0.39, 0.29) is 29.2 Å². The maximum absolute atomic E-state index is 14.3. The van der Waals surface area contributed by atoms with E-state index in [0.29, 0.717) is 44.6 Å². The lowest BCUT2D eigenvalue weighted by Crippen LogP contribution is -2.30. The molecule has 0 amide bonds. The van der Waals surface area contributed by atoms with Gasteiger partial charge in [0.15, 0.2) is 5.78 Å². The first-order valence-corrected chi connectivity index (χ1v) is 9.08. The highest BCUT2D eigenvalue weighted by Crippen LogP contribution is 2.48. The van der Waals surface area contributed by atoms with Gasteiger partial charge >= 0.3 is 6.18 Å². The molecule has 1 aromatic rings. The van der Waals surface area contributed by atoms with E-state index in [2.05, 4.69) is 4.98 Å². The number of aromatic nitrogens is 1. The van der Waals surface area contributed by atoms with Gasteiger partial charge in [-0.25, -0.2) is 9.37 Å². The Bertz CT molecular complexity index is 723. The fourth-order valence-corrected chi connectivity index (χ4v) is 3.83. The summed E-state index contributed by atoms with van der Waals surface area (Å²) in [6.45, 7) is 5.00. The maximum atomic E-state index is 14.3. The van der Waals surface area contributed by atoms with Gasteiger partial charge in [0.05, 0.1) is 16.8 Å². The average molecular weight is 372 g/mol. The summed E-state index contributed by atoms with van der Waals surface area (Å²) in [4.78, 5) is 18.4. The van der Waals surface area contributed by atoms with Gasteiger partial charge in [-0.15, -0.1) is 0 Å². The molecule has 0 radical (unpaired) electrons. The number of carbonyl (C=O) groups is 1. The number of carbonyl (C=O) groups excluding carboxylic acids is 1. The molecule has 2 aliphatic rings. The van der Waals surface area contributed by atoms with Gasteiger partial charge in [-0.3, -0.25) is 4.79 Å². The summed E-state index contributed by atoms with van der Waals surface area (Å²) in [5.74, 6) is -0.351. The van der Waals surface area contributed by atoms with Crippen molar-refractivity contribution in [2.45, 2.75) is 70.6 Å². The Morgan fingerprint density at radius 2 is 1.88 bits per heavy atom. The van der Waals surface area contributed by atoms with Gasteiger partial charge in [0.2, 0.25) is 0 Å². The quantitative estimate of drug-likeness (QED) is 0.540. The number of alkyl halides is 4. The number of anilines is 1. The second kappa shape index (κ2) is 6.50. The van der Waals surface area contributed by atoms with Gasteiger partial charge in [0.1, 0.15) is 11.5 Å². The highest BCUT2D eigenvalue weighted by Gasteiger charge is 2.43. The summed E-state index contributed by atoms with van der Waals surface area (Å²) in [6.07, 6.45) is -1.95. The van der Waals surface area contributed by atoms with Gasteiger partial charge < -0.3 is 4.90 Å². The van der Waals surface area contributed by atoms with Gasteiger partial charge in [0, 0.05) is 19.0 Å². The molecule has 7 heteroatoms. The Kier molecular flexibility index (Phi) is 4.78. The summed E-state index contributed by atoms with van der Waals surface area (Å²) in [6, 6.07) is 0. The Balaban J connectivity index is 2.14. The van der Waals surface area contributed by atoms with Crippen molar-refractivity contribution in [3.63, 3.8) is 0 Å². The number of nitrogens with zero attached hydrogens (tertiary/aromatic N) is 2. The van der Waals surface area contributed by atoms with Crippen LogP contribution in [0.15, 0.2) is 0 Å². The lowest BCUT2D eigenvalue weighted by Gasteiger charge is -2.28. The van der Waals surface area contributed by atoms with E-state index in [1.807, 2.05) is 0 Å². The molecule has 1 unspecified atom stereocenters. The lowest BCUT2D eigenvalue weighted by molar-refractivity contribution is -0.139. The predicted molar refractivity (Wildman–Crippen MR) is 91.5 cm³/mol. The van der Waals surface area contributed by atoms with Crippen molar-refractivity contribution >= 4 is 11.6 Å². The topological polar surface area (TPSA) is 33.2 Å². The standard InChI is InChI=1S/C19H24F4N2O/c1-11-14(12(2)26)17(25-9-4-7-18(3,20)8-10-25)24-16(13-5-6-13)15(11)19(21,22)23/h13H,4-10H2,1-3H3. The van der Waals surface area contributed by atoms with Crippen LogP contribution in [0.1, 0.15) is 79.0 Å². The number of hydrogen-bond donors (Lipinski definition) is 0. The van der Waals surface area contributed by atoms with Crippen LogP contribution in [0.3, 0.4) is 0 Å². The molecule has 2 fully saturated rings. The zero-order valence-corrected chi connectivity index (χ0v) is 15.3. The average Bonchev–Trinajstić information content (AvgIpc) is 3.32. The SMILES string of the molecule is CC(=O)c1c(N2CCCC(C)(F)CC2)nc(C2CC2)c(C(F)(F)F)c1C. The smallest absolute Gasteiger partial charge is 0.356 e. The molecule has 26 heavy (non-hydrogen) atoms. The van der Waals surface area contributed by atoms with E-state index in [4.69, 9.17) is 0 Å². The number of rotatable bonds is 3. The molecule has 1 atom stereocenters. The van der Waals surface area contributed by atoms with Crippen molar-refractivity contribution in [2.75, 3.05) is 18.0 Å². The van der Waals surface area contributed by atoms with Crippen LogP contribution < -0.4 is 4.90 Å². The fraction of sp³-hybridized carbons (Fsp3) is 0.684. The molecule has 0 bridgehead atoms. The zero-order valence-electron chi connectivity index (χ0n) is 15.3. The van der Waals surface area contributed by atoms with Crippen LogP contribution in [0, 0.1) is 6.92 Å². The second-order valence-electron chi connectivity index (χ2n) is 7.78. The van der Waals surface area contributed by atoms with E-state index in [9.17, 15) is 22.4 Å². The molecule has 1 saturated carbocycles. The van der Waals surface area contributed by atoms with Crippen molar-refractivity contribution in [1.29, 1.82) is 0 Å². The fourth-order valence-electron chi connectivity index (χ4n) is 3.83. The molecule has 0 spiro atoms. The summed E-state index contributed by atoms with van der Waals surface area (Å²) in [7, 11) is 0.